The summed E-state index contributed by atoms with van der Waals surface area (Å²) in [6.45, 7) is 0. The molecule has 0 aliphatic rings. The summed E-state index contributed by atoms with van der Waals surface area (Å²) in [5, 5.41) is 9.61. The van der Waals surface area contributed by atoms with Crippen LogP contribution in [0.3, 0.4) is 0 Å². The second-order valence-corrected chi connectivity index (χ2v) is 8.30. The maximum Gasteiger partial charge on any atom is 0.335 e. The van der Waals surface area contributed by atoms with E-state index in [9.17, 15) is 13.2 Å². The molecule has 4 nitrogen and oxygen atoms in total. The Balaban J connectivity index is 1.94. The summed E-state index contributed by atoms with van der Waals surface area (Å²) >= 11 is 6.20. The predicted octanol–water partition coefficient (Wildman–Crippen LogP) is 4.78. The number of halogens is 1. The van der Waals surface area contributed by atoms with E-state index in [0.29, 0.717) is 10.6 Å². The Kier molecular flexibility index (Phi) is 4.85. The molecule has 0 aliphatic heterocycles. The van der Waals surface area contributed by atoms with Crippen molar-refractivity contribution in [2.45, 2.75) is 4.90 Å². The summed E-state index contributed by atoms with van der Waals surface area (Å²) in [7, 11) is -3.22. The van der Waals surface area contributed by atoms with E-state index in [4.69, 9.17) is 16.7 Å². The molecule has 0 aliphatic carbocycles. The Hall–Kier alpha value is -2.63. The fourth-order valence-corrected chi connectivity index (χ4v) is 3.47. The van der Waals surface area contributed by atoms with Crippen LogP contribution in [0.5, 0.6) is 0 Å². The maximum absolute atomic E-state index is 11.5. The molecule has 3 rings (SSSR count). The first kappa shape index (κ1) is 18.2. The van der Waals surface area contributed by atoms with Crippen LogP contribution in [0.2, 0.25) is 5.02 Å². The van der Waals surface area contributed by atoms with Crippen LogP contribution in [0.15, 0.2) is 71.6 Å². The Morgan fingerprint density at radius 1 is 0.846 bits per heavy atom. The molecule has 132 valence electrons. The van der Waals surface area contributed by atoms with Gasteiger partial charge in [-0.05, 0) is 47.0 Å². The Morgan fingerprint density at radius 2 is 1.35 bits per heavy atom. The number of sulfone groups is 1. The van der Waals surface area contributed by atoms with Crippen LogP contribution in [0.25, 0.3) is 22.3 Å². The molecule has 26 heavy (non-hydrogen) atoms. The van der Waals surface area contributed by atoms with Crippen LogP contribution in [-0.4, -0.2) is 25.7 Å². The van der Waals surface area contributed by atoms with E-state index in [1.807, 2.05) is 24.3 Å². The van der Waals surface area contributed by atoms with Crippen molar-refractivity contribution in [1.29, 1.82) is 0 Å². The summed E-state index contributed by atoms with van der Waals surface area (Å²) in [5.41, 5.74) is 3.42. The molecule has 0 saturated heterocycles. The minimum Gasteiger partial charge on any atom is -0.478 e. The number of benzene rings is 3. The maximum atomic E-state index is 11.5. The molecular formula is C20H15ClO4S. The van der Waals surface area contributed by atoms with Crippen LogP contribution in [0, 0.1) is 0 Å². The summed E-state index contributed by atoms with van der Waals surface area (Å²) in [6, 6.07) is 18.7. The minimum atomic E-state index is -3.22. The van der Waals surface area contributed by atoms with Gasteiger partial charge in [-0.25, -0.2) is 13.2 Å². The number of hydrogen-bond acceptors (Lipinski definition) is 3. The fourth-order valence-electron chi connectivity index (χ4n) is 2.62. The van der Waals surface area contributed by atoms with Gasteiger partial charge in [-0.15, -0.1) is 0 Å². The number of carboxylic acid groups (broad SMARTS) is 1. The van der Waals surface area contributed by atoms with Gasteiger partial charge in [-0.1, -0.05) is 48.0 Å². The topological polar surface area (TPSA) is 71.4 Å². The smallest absolute Gasteiger partial charge is 0.335 e. The van der Waals surface area contributed by atoms with Crippen LogP contribution in [0.4, 0.5) is 0 Å². The number of hydrogen-bond donors (Lipinski definition) is 1. The lowest BCUT2D eigenvalue weighted by molar-refractivity contribution is 0.0697. The normalized spacial score (nSPS) is 11.3. The highest BCUT2D eigenvalue weighted by Crippen LogP contribution is 2.31. The average molecular weight is 387 g/mol. The van der Waals surface area contributed by atoms with Crippen molar-refractivity contribution >= 4 is 27.4 Å². The quantitative estimate of drug-likeness (QED) is 0.700. The molecule has 0 radical (unpaired) electrons. The first-order valence-corrected chi connectivity index (χ1v) is 9.96. The zero-order chi connectivity index (χ0) is 18.9. The molecule has 0 bridgehead atoms. The molecule has 1 N–H and O–H groups in total. The lowest BCUT2D eigenvalue weighted by atomic mass is 9.99. The fraction of sp³-hybridized carbons (Fsp3) is 0.0500. The molecule has 0 spiro atoms. The summed E-state index contributed by atoms with van der Waals surface area (Å²) < 4.78 is 23.1. The van der Waals surface area contributed by atoms with E-state index in [2.05, 4.69) is 0 Å². The molecular weight excluding hydrogens is 372 g/mol. The standard InChI is InChI=1S/C20H15ClO4S/c1-26(24,25)17-9-6-14(7-10-17)13-2-4-15(5-3-13)18-12-16(20(22)23)8-11-19(18)21/h2-12H,1H3,(H,22,23). The van der Waals surface area contributed by atoms with Gasteiger partial charge in [-0.3, -0.25) is 0 Å². The minimum absolute atomic E-state index is 0.171. The predicted molar refractivity (Wildman–Crippen MR) is 102 cm³/mol. The van der Waals surface area contributed by atoms with Gasteiger partial charge in [0.25, 0.3) is 0 Å². The van der Waals surface area contributed by atoms with Crippen LogP contribution in [-0.2, 0) is 9.84 Å². The van der Waals surface area contributed by atoms with Gasteiger partial charge in [0.2, 0.25) is 0 Å². The summed E-state index contributed by atoms with van der Waals surface area (Å²) in [4.78, 5) is 11.4. The highest BCUT2D eigenvalue weighted by Gasteiger charge is 2.10. The van der Waals surface area contributed by atoms with Gasteiger partial charge in [0.1, 0.15) is 0 Å². The van der Waals surface area contributed by atoms with E-state index >= 15 is 0 Å². The molecule has 0 fully saturated rings. The highest BCUT2D eigenvalue weighted by molar-refractivity contribution is 7.90. The van der Waals surface area contributed by atoms with Crippen LogP contribution in [0.1, 0.15) is 10.4 Å². The SMILES string of the molecule is CS(=O)(=O)c1ccc(-c2ccc(-c3cc(C(=O)O)ccc3Cl)cc2)cc1. The molecule has 0 aromatic heterocycles. The lowest BCUT2D eigenvalue weighted by Gasteiger charge is -2.08. The Labute approximate surface area is 156 Å². The van der Waals surface area contributed by atoms with Gasteiger partial charge < -0.3 is 5.11 Å². The Morgan fingerprint density at radius 3 is 1.85 bits per heavy atom. The molecule has 0 amide bonds. The zero-order valence-corrected chi connectivity index (χ0v) is 15.4. The average Bonchev–Trinajstić information content (AvgIpc) is 2.61. The van der Waals surface area contributed by atoms with Crippen LogP contribution >= 0.6 is 11.6 Å². The van der Waals surface area contributed by atoms with Crippen molar-refractivity contribution in [1.82, 2.24) is 0 Å². The Bertz CT molecular complexity index is 1070. The van der Waals surface area contributed by atoms with Crippen molar-refractivity contribution in [2.75, 3.05) is 6.26 Å². The molecule has 6 heteroatoms. The lowest BCUT2D eigenvalue weighted by Crippen LogP contribution is -1.96. The third kappa shape index (κ3) is 3.79. The van der Waals surface area contributed by atoms with E-state index in [-0.39, 0.29) is 10.5 Å². The molecule has 0 unspecified atom stereocenters. The van der Waals surface area contributed by atoms with Crippen LogP contribution < -0.4 is 0 Å². The van der Waals surface area contributed by atoms with E-state index in [1.165, 1.54) is 12.3 Å². The second kappa shape index (κ2) is 6.94. The summed E-state index contributed by atoms with van der Waals surface area (Å²) in [5.74, 6) is -1.01. The largest absolute Gasteiger partial charge is 0.478 e. The van der Waals surface area contributed by atoms with Crippen molar-refractivity contribution in [3.63, 3.8) is 0 Å². The molecule has 0 atom stereocenters. The number of aromatic carboxylic acids is 1. The first-order chi connectivity index (χ1) is 12.3. The van der Waals surface area contributed by atoms with Crippen molar-refractivity contribution in [3.05, 3.63) is 77.3 Å². The van der Waals surface area contributed by atoms with E-state index < -0.39 is 15.8 Å². The van der Waals surface area contributed by atoms with Gasteiger partial charge in [-0.2, -0.15) is 0 Å². The van der Waals surface area contributed by atoms with Gasteiger partial charge in [0.05, 0.1) is 10.5 Å². The number of carbonyl (C=O) groups is 1. The van der Waals surface area contributed by atoms with Gasteiger partial charge in [0, 0.05) is 16.8 Å². The third-order valence-electron chi connectivity index (χ3n) is 4.03. The van der Waals surface area contributed by atoms with Crippen molar-refractivity contribution in [3.8, 4) is 22.3 Å². The van der Waals surface area contributed by atoms with E-state index in [0.717, 1.165) is 16.7 Å². The number of rotatable bonds is 4. The van der Waals surface area contributed by atoms with Gasteiger partial charge >= 0.3 is 5.97 Å². The molecule has 3 aromatic rings. The van der Waals surface area contributed by atoms with Crippen molar-refractivity contribution in [2.24, 2.45) is 0 Å². The van der Waals surface area contributed by atoms with Crippen molar-refractivity contribution < 1.29 is 18.3 Å². The first-order valence-electron chi connectivity index (χ1n) is 7.69. The molecule has 0 saturated carbocycles. The van der Waals surface area contributed by atoms with E-state index in [1.54, 1.807) is 36.4 Å². The molecule has 0 heterocycles. The summed E-state index contributed by atoms with van der Waals surface area (Å²) in [6.07, 6.45) is 1.17. The number of carboxylic acids is 1. The van der Waals surface area contributed by atoms with Gasteiger partial charge in [0.15, 0.2) is 9.84 Å². The monoisotopic (exact) mass is 386 g/mol. The third-order valence-corrected chi connectivity index (χ3v) is 5.48. The molecule has 3 aromatic carbocycles. The zero-order valence-electron chi connectivity index (χ0n) is 13.8. The highest BCUT2D eigenvalue weighted by atomic mass is 35.5. The second-order valence-electron chi connectivity index (χ2n) is 5.87.